The Kier molecular flexibility index (Phi) is 5.34. The summed E-state index contributed by atoms with van der Waals surface area (Å²) in [6.45, 7) is 1.09. The lowest BCUT2D eigenvalue weighted by molar-refractivity contribution is 0.288. The van der Waals surface area contributed by atoms with Gasteiger partial charge in [0.2, 0.25) is 5.88 Å². The van der Waals surface area contributed by atoms with Crippen LogP contribution in [0.15, 0.2) is 42.9 Å². The second-order valence-corrected chi connectivity index (χ2v) is 6.68. The lowest BCUT2D eigenvalue weighted by Crippen LogP contribution is -2.11. The van der Waals surface area contributed by atoms with Crippen LogP contribution >= 0.6 is 0 Å². The van der Waals surface area contributed by atoms with E-state index in [0.29, 0.717) is 19.0 Å². The molecule has 0 amide bonds. The van der Waals surface area contributed by atoms with Gasteiger partial charge in [0.15, 0.2) is 0 Å². The van der Waals surface area contributed by atoms with Crippen LogP contribution < -0.4 is 10.1 Å². The molecule has 0 aliphatic heterocycles. The molecule has 4 rings (SSSR count). The summed E-state index contributed by atoms with van der Waals surface area (Å²) in [4.78, 5) is 18.2. The summed E-state index contributed by atoms with van der Waals surface area (Å²) in [5.74, 6) is 0.622. The molecule has 0 bridgehead atoms. The Labute approximate surface area is 159 Å². The van der Waals surface area contributed by atoms with E-state index in [1.54, 1.807) is 12.4 Å². The minimum atomic E-state index is 0.400. The van der Waals surface area contributed by atoms with E-state index in [2.05, 4.69) is 15.3 Å². The molecule has 27 heavy (non-hydrogen) atoms. The van der Waals surface area contributed by atoms with Crippen molar-refractivity contribution in [2.24, 2.45) is 0 Å². The van der Waals surface area contributed by atoms with Crippen LogP contribution in [0.2, 0.25) is 0 Å². The Balaban J connectivity index is 1.68. The van der Waals surface area contributed by atoms with E-state index in [-0.39, 0.29) is 0 Å². The summed E-state index contributed by atoms with van der Waals surface area (Å²) in [6.07, 6.45) is 9.74. The van der Waals surface area contributed by atoms with Gasteiger partial charge in [-0.1, -0.05) is 6.07 Å². The maximum atomic E-state index is 5.96. The van der Waals surface area contributed by atoms with Crippen LogP contribution in [0.25, 0.3) is 11.3 Å². The minimum Gasteiger partial charge on any atom is -0.471 e. The van der Waals surface area contributed by atoms with Crippen molar-refractivity contribution < 1.29 is 4.74 Å². The van der Waals surface area contributed by atoms with Gasteiger partial charge in [0.1, 0.15) is 6.61 Å². The van der Waals surface area contributed by atoms with Crippen LogP contribution in [-0.4, -0.2) is 27.0 Å². The van der Waals surface area contributed by atoms with Gasteiger partial charge in [-0.2, -0.15) is 0 Å². The summed E-state index contributed by atoms with van der Waals surface area (Å²) in [7, 11) is 1.91. The zero-order chi connectivity index (χ0) is 18.5. The number of aryl methyl sites for hydroxylation is 1. The average Bonchev–Trinajstić information content (AvgIpc) is 2.73. The van der Waals surface area contributed by atoms with Gasteiger partial charge < -0.3 is 10.1 Å². The fourth-order valence-electron chi connectivity index (χ4n) is 3.42. The van der Waals surface area contributed by atoms with E-state index in [1.165, 1.54) is 12.0 Å². The highest BCUT2D eigenvalue weighted by Gasteiger charge is 2.19. The molecular formula is C21H23N5O. The van der Waals surface area contributed by atoms with E-state index in [1.807, 2.05) is 37.5 Å². The first kappa shape index (κ1) is 17.5. The van der Waals surface area contributed by atoms with Crippen LogP contribution in [-0.2, 0) is 26.0 Å². The van der Waals surface area contributed by atoms with Crippen LogP contribution in [0.3, 0.4) is 0 Å². The van der Waals surface area contributed by atoms with Gasteiger partial charge in [-0.15, -0.1) is 0 Å². The molecule has 0 unspecified atom stereocenters. The molecule has 0 fully saturated rings. The molecule has 0 spiro atoms. The number of aromatic nitrogens is 4. The lowest BCUT2D eigenvalue weighted by atomic mass is 9.91. The number of pyridine rings is 2. The van der Waals surface area contributed by atoms with Crippen molar-refractivity contribution in [3.05, 3.63) is 65.5 Å². The van der Waals surface area contributed by atoms with Crippen molar-refractivity contribution in [2.75, 3.05) is 7.05 Å². The molecule has 0 saturated heterocycles. The molecule has 3 aromatic heterocycles. The van der Waals surface area contributed by atoms with Crippen molar-refractivity contribution in [3.8, 4) is 17.1 Å². The number of ether oxygens (including phenoxy) is 1. The largest absolute Gasteiger partial charge is 0.471 e. The van der Waals surface area contributed by atoms with E-state index >= 15 is 0 Å². The van der Waals surface area contributed by atoms with Crippen LogP contribution in [0.4, 0.5) is 0 Å². The third-order valence-corrected chi connectivity index (χ3v) is 4.69. The van der Waals surface area contributed by atoms with E-state index in [9.17, 15) is 0 Å². The Morgan fingerprint density at radius 2 is 2.00 bits per heavy atom. The first-order valence-electron chi connectivity index (χ1n) is 9.35. The molecule has 1 N–H and O–H groups in total. The standard InChI is InChI=1S/C21H23N5O/c1-22-11-16-12-23-13-20(25-16)18-10-21(26-19-8-3-2-7-17(18)19)27-14-15-6-4-5-9-24-15/h4-6,9-10,12-13,22H,2-3,7-8,11,14H2,1H3. The van der Waals surface area contributed by atoms with E-state index in [0.717, 1.165) is 47.6 Å². The molecule has 138 valence electrons. The summed E-state index contributed by atoms with van der Waals surface area (Å²) in [6, 6.07) is 7.81. The fraction of sp³-hybridized carbons (Fsp3) is 0.333. The predicted molar refractivity (Wildman–Crippen MR) is 103 cm³/mol. The first-order valence-corrected chi connectivity index (χ1v) is 9.35. The summed E-state index contributed by atoms with van der Waals surface area (Å²) >= 11 is 0. The monoisotopic (exact) mass is 361 g/mol. The smallest absolute Gasteiger partial charge is 0.214 e. The molecule has 6 heteroatoms. The molecule has 3 aromatic rings. The van der Waals surface area contributed by atoms with Crippen molar-refractivity contribution in [2.45, 2.75) is 38.8 Å². The summed E-state index contributed by atoms with van der Waals surface area (Å²) in [5, 5.41) is 3.13. The molecular weight excluding hydrogens is 338 g/mol. The van der Waals surface area contributed by atoms with Gasteiger partial charge >= 0.3 is 0 Å². The number of rotatable bonds is 6. The van der Waals surface area contributed by atoms with Gasteiger partial charge in [-0.25, -0.2) is 9.97 Å². The molecule has 0 saturated carbocycles. The second kappa shape index (κ2) is 8.22. The topological polar surface area (TPSA) is 72.8 Å². The fourth-order valence-corrected chi connectivity index (χ4v) is 3.42. The quantitative estimate of drug-likeness (QED) is 0.727. The molecule has 1 aliphatic carbocycles. The Bertz CT molecular complexity index is 914. The number of nitrogens with zero attached hydrogens (tertiary/aromatic N) is 4. The highest BCUT2D eigenvalue weighted by atomic mass is 16.5. The zero-order valence-electron chi connectivity index (χ0n) is 15.5. The third kappa shape index (κ3) is 4.11. The van der Waals surface area contributed by atoms with Gasteiger partial charge in [-0.05, 0) is 50.4 Å². The molecule has 0 radical (unpaired) electrons. The van der Waals surface area contributed by atoms with Crippen molar-refractivity contribution in [3.63, 3.8) is 0 Å². The molecule has 0 aromatic carbocycles. The Hall–Kier alpha value is -2.86. The second-order valence-electron chi connectivity index (χ2n) is 6.68. The Morgan fingerprint density at radius 1 is 1.07 bits per heavy atom. The van der Waals surface area contributed by atoms with Gasteiger partial charge in [-0.3, -0.25) is 9.97 Å². The van der Waals surface area contributed by atoms with Crippen LogP contribution in [0.1, 0.15) is 35.5 Å². The van der Waals surface area contributed by atoms with Crippen molar-refractivity contribution in [1.82, 2.24) is 25.3 Å². The number of hydrogen-bond donors (Lipinski definition) is 1. The van der Waals surface area contributed by atoms with Gasteiger partial charge in [0.25, 0.3) is 0 Å². The van der Waals surface area contributed by atoms with Crippen molar-refractivity contribution >= 4 is 0 Å². The predicted octanol–water partition coefficient (Wildman–Crippen LogP) is 3.11. The normalized spacial score (nSPS) is 13.2. The SMILES string of the molecule is CNCc1cncc(-c2cc(OCc3ccccn3)nc3c2CCCC3)n1. The molecule has 6 nitrogen and oxygen atoms in total. The number of nitrogens with one attached hydrogen (secondary N) is 1. The van der Waals surface area contributed by atoms with Gasteiger partial charge in [0.05, 0.1) is 23.3 Å². The summed E-state index contributed by atoms with van der Waals surface area (Å²) < 4.78 is 5.96. The zero-order valence-corrected chi connectivity index (χ0v) is 15.5. The van der Waals surface area contributed by atoms with Gasteiger partial charge in [0, 0.05) is 36.3 Å². The maximum Gasteiger partial charge on any atom is 0.214 e. The van der Waals surface area contributed by atoms with E-state index < -0.39 is 0 Å². The number of fused-ring (bicyclic) bond motifs is 1. The van der Waals surface area contributed by atoms with Crippen molar-refractivity contribution in [1.29, 1.82) is 0 Å². The molecule has 0 atom stereocenters. The highest BCUT2D eigenvalue weighted by molar-refractivity contribution is 5.66. The van der Waals surface area contributed by atoms with E-state index in [4.69, 9.17) is 14.7 Å². The number of hydrogen-bond acceptors (Lipinski definition) is 6. The molecule has 1 aliphatic rings. The average molecular weight is 361 g/mol. The Morgan fingerprint density at radius 3 is 2.85 bits per heavy atom. The molecule has 3 heterocycles. The minimum absolute atomic E-state index is 0.400. The van der Waals surface area contributed by atoms with Crippen LogP contribution in [0.5, 0.6) is 5.88 Å². The van der Waals surface area contributed by atoms with Crippen LogP contribution in [0, 0.1) is 0 Å². The first-order chi connectivity index (χ1) is 13.3. The summed E-state index contributed by atoms with van der Waals surface area (Å²) in [5.41, 5.74) is 6.17. The maximum absolute atomic E-state index is 5.96. The third-order valence-electron chi connectivity index (χ3n) is 4.69. The lowest BCUT2D eigenvalue weighted by Gasteiger charge is -2.20. The highest BCUT2D eigenvalue weighted by Crippen LogP contribution is 2.32.